The molecule has 0 atom stereocenters. The Morgan fingerprint density at radius 3 is 3.07 bits per heavy atom. The van der Waals surface area contributed by atoms with E-state index < -0.39 is 0 Å². The van der Waals surface area contributed by atoms with Crippen LogP contribution in [0.1, 0.15) is 23.4 Å². The van der Waals surface area contributed by atoms with Gasteiger partial charge in [0.1, 0.15) is 0 Å². The van der Waals surface area contributed by atoms with E-state index in [0.717, 1.165) is 19.5 Å². The average molecular weight is 210 g/mol. The second-order valence-corrected chi connectivity index (χ2v) is 3.60. The molecule has 0 unspecified atom stereocenters. The van der Waals surface area contributed by atoms with Gasteiger partial charge in [0, 0.05) is 13.0 Å². The van der Waals surface area contributed by atoms with Gasteiger partial charge in [0.15, 0.2) is 0 Å². The molecule has 0 saturated carbocycles. The topological polar surface area (TPSA) is 80.0 Å². The first kappa shape index (κ1) is 10.1. The monoisotopic (exact) mass is 210 g/mol. The molecule has 1 aromatic rings. The SMILES string of the molecule is CCNC(=O)c1noc(CC2CNC2)n1. The fraction of sp³-hybridized carbons (Fsp3) is 0.667. The van der Waals surface area contributed by atoms with E-state index in [2.05, 4.69) is 20.8 Å². The Balaban J connectivity index is 1.93. The number of hydrogen-bond acceptors (Lipinski definition) is 5. The normalized spacial score (nSPS) is 16.1. The van der Waals surface area contributed by atoms with E-state index in [0.29, 0.717) is 18.4 Å². The van der Waals surface area contributed by atoms with E-state index in [1.165, 1.54) is 0 Å². The number of amides is 1. The summed E-state index contributed by atoms with van der Waals surface area (Å²) in [6, 6.07) is 0. The van der Waals surface area contributed by atoms with Crippen LogP contribution in [0.15, 0.2) is 4.52 Å². The third-order valence-corrected chi connectivity index (χ3v) is 2.34. The van der Waals surface area contributed by atoms with Crippen molar-refractivity contribution in [2.24, 2.45) is 5.92 Å². The standard InChI is InChI=1S/C9H14N4O2/c1-2-11-9(14)8-12-7(15-13-8)3-6-4-10-5-6/h6,10H,2-5H2,1H3,(H,11,14). The zero-order valence-corrected chi connectivity index (χ0v) is 8.62. The van der Waals surface area contributed by atoms with Gasteiger partial charge < -0.3 is 15.2 Å². The fourth-order valence-corrected chi connectivity index (χ4v) is 1.41. The molecule has 2 rings (SSSR count). The molecule has 82 valence electrons. The van der Waals surface area contributed by atoms with Crippen LogP contribution < -0.4 is 10.6 Å². The highest BCUT2D eigenvalue weighted by Gasteiger charge is 2.21. The number of carbonyl (C=O) groups excluding carboxylic acids is 1. The van der Waals surface area contributed by atoms with Crippen LogP contribution in [0, 0.1) is 5.92 Å². The van der Waals surface area contributed by atoms with E-state index in [4.69, 9.17) is 4.52 Å². The summed E-state index contributed by atoms with van der Waals surface area (Å²) in [7, 11) is 0. The van der Waals surface area contributed by atoms with E-state index >= 15 is 0 Å². The molecule has 0 spiro atoms. The summed E-state index contributed by atoms with van der Waals surface area (Å²) in [4.78, 5) is 15.4. The zero-order valence-electron chi connectivity index (χ0n) is 8.62. The van der Waals surface area contributed by atoms with Crippen LogP contribution >= 0.6 is 0 Å². The lowest BCUT2D eigenvalue weighted by atomic mass is 10.00. The molecule has 1 fully saturated rings. The molecular formula is C9H14N4O2. The van der Waals surface area contributed by atoms with Gasteiger partial charge in [-0.15, -0.1) is 0 Å². The molecule has 0 aromatic carbocycles. The molecule has 6 nitrogen and oxygen atoms in total. The van der Waals surface area contributed by atoms with Crippen LogP contribution in [0.25, 0.3) is 0 Å². The highest BCUT2D eigenvalue weighted by molar-refractivity contribution is 5.90. The fourth-order valence-electron chi connectivity index (χ4n) is 1.41. The quantitative estimate of drug-likeness (QED) is 0.705. The minimum atomic E-state index is -0.278. The molecule has 6 heteroatoms. The van der Waals surface area contributed by atoms with Crippen molar-refractivity contribution in [3.8, 4) is 0 Å². The van der Waals surface area contributed by atoms with E-state index in [1.807, 2.05) is 6.92 Å². The molecule has 1 amide bonds. The summed E-state index contributed by atoms with van der Waals surface area (Å²) in [6.07, 6.45) is 0.749. The summed E-state index contributed by atoms with van der Waals surface area (Å²) in [5, 5.41) is 9.41. The maximum Gasteiger partial charge on any atom is 0.292 e. The van der Waals surface area contributed by atoms with Gasteiger partial charge in [-0.2, -0.15) is 4.98 Å². The predicted octanol–water partition coefficient (Wildman–Crippen LogP) is -0.419. The Hall–Kier alpha value is -1.43. The first-order valence-electron chi connectivity index (χ1n) is 5.11. The molecule has 0 aliphatic carbocycles. The van der Waals surface area contributed by atoms with Crippen molar-refractivity contribution < 1.29 is 9.32 Å². The Labute approximate surface area is 87.4 Å². The van der Waals surface area contributed by atoms with Gasteiger partial charge in [0.25, 0.3) is 11.7 Å². The van der Waals surface area contributed by atoms with Crippen molar-refractivity contribution >= 4 is 5.91 Å². The Kier molecular flexibility index (Phi) is 2.96. The first-order chi connectivity index (χ1) is 7.29. The maximum atomic E-state index is 11.3. The van der Waals surface area contributed by atoms with Crippen molar-refractivity contribution in [3.63, 3.8) is 0 Å². The van der Waals surface area contributed by atoms with Gasteiger partial charge in [-0.05, 0) is 25.9 Å². The van der Waals surface area contributed by atoms with Crippen molar-refractivity contribution in [3.05, 3.63) is 11.7 Å². The average Bonchev–Trinajstić information content (AvgIpc) is 2.60. The molecule has 2 N–H and O–H groups in total. The largest absolute Gasteiger partial charge is 0.349 e. The summed E-state index contributed by atoms with van der Waals surface area (Å²) >= 11 is 0. The van der Waals surface area contributed by atoms with Crippen LogP contribution in [0.2, 0.25) is 0 Å². The van der Waals surface area contributed by atoms with Crippen molar-refractivity contribution in [1.82, 2.24) is 20.8 Å². The number of carbonyl (C=O) groups is 1. The predicted molar refractivity (Wildman–Crippen MR) is 52.4 cm³/mol. The van der Waals surface area contributed by atoms with Gasteiger partial charge in [-0.1, -0.05) is 5.16 Å². The van der Waals surface area contributed by atoms with Crippen LogP contribution in [-0.4, -0.2) is 35.7 Å². The zero-order chi connectivity index (χ0) is 10.7. The minimum absolute atomic E-state index is 0.124. The maximum absolute atomic E-state index is 11.3. The highest BCUT2D eigenvalue weighted by Crippen LogP contribution is 2.10. The Morgan fingerprint density at radius 1 is 1.67 bits per heavy atom. The lowest BCUT2D eigenvalue weighted by Crippen LogP contribution is -2.43. The van der Waals surface area contributed by atoms with Crippen molar-refractivity contribution in [2.75, 3.05) is 19.6 Å². The van der Waals surface area contributed by atoms with Gasteiger partial charge in [-0.25, -0.2) is 0 Å². The first-order valence-corrected chi connectivity index (χ1v) is 5.11. The van der Waals surface area contributed by atoms with Crippen LogP contribution in [0.4, 0.5) is 0 Å². The number of rotatable bonds is 4. The Bertz CT molecular complexity index is 346. The molecule has 15 heavy (non-hydrogen) atoms. The van der Waals surface area contributed by atoms with Crippen LogP contribution in [0.3, 0.4) is 0 Å². The van der Waals surface area contributed by atoms with Crippen LogP contribution in [0.5, 0.6) is 0 Å². The lowest BCUT2D eigenvalue weighted by Gasteiger charge is -2.25. The van der Waals surface area contributed by atoms with E-state index in [9.17, 15) is 4.79 Å². The summed E-state index contributed by atoms with van der Waals surface area (Å²) < 4.78 is 4.99. The highest BCUT2D eigenvalue weighted by atomic mass is 16.5. The van der Waals surface area contributed by atoms with Crippen molar-refractivity contribution in [2.45, 2.75) is 13.3 Å². The molecule has 0 bridgehead atoms. The van der Waals surface area contributed by atoms with Crippen LogP contribution in [-0.2, 0) is 6.42 Å². The molecule has 1 saturated heterocycles. The van der Waals surface area contributed by atoms with Crippen molar-refractivity contribution in [1.29, 1.82) is 0 Å². The number of hydrogen-bond donors (Lipinski definition) is 2. The number of nitrogens with zero attached hydrogens (tertiary/aromatic N) is 2. The molecule has 0 radical (unpaired) electrons. The van der Waals surface area contributed by atoms with Gasteiger partial charge in [0.05, 0.1) is 0 Å². The third kappa shape index (κ3) is 2.33. The third-order valence-electron chi connectivity index (χ3n) is 2.34. The molecule has 1 aromatic heterocycles. The van der Waals surface area contributed by atoms with Gasteiger partial charge >= 0.3 is 0 Å². The van der Waals surface area contributed by atoms with E-state index in [-0.39, 0.29) is 11.7 Å². The molecule has 1 aliphatic rings. The molecule has 2 heterocycles. The Morgan fingerprint density at radius 2 is 2.47 bits per heavy atom. The molecule has 1 aliphatic heterocycles. The summed E-state index contributed by atoms with van der Waals surface area (Å²) in [5.74, 6) is 0.952. The summed E-state index contributed by atoms with van der Waals surface area (Å²) in [6.45, 7) is 4.38. The second kappa shape index (κ2) is 4.39. The number of aromatic nitrogens is 2. The number of nitrogens with one attached hydrogen (secondary N) is 2. The smallest absolute Gasteiger partial charge is 0.292 e. The van der Waals surface area contributed by atoms with Gasteiger partial charge in [0.2, 0.25) is 5.89 Å². The summed E-state index contributed by atoms with van der Waals surface area (Å²) in [5.41, 5.74) is 0. The second-order valence-electron chi connectivity index (χ2n) is 3.60. The lowest BCUT2D eigenvalue weighted by molar-refractivity contribution is 0.0942. The minimum Gasteiger partial charge on any atom is -0.349 e. The van der Waals surface area contributed by atoms with E-state index in [1.54, 1.807) is 0 Å². The van der Waals surface area contributed by atoms with Gasteiger partial charge in [-0.3, -0.25) is 4.79 Å². The molecular weight excluding hydrogens is 196 g/mol.